The molecule has 0 spiro atoms. The van der Waals surface area contributed by atoms with E-state index in [1.807, 2.05) is 51.1 Å². The van der Waals surface area contributed by atoms with Gasteiger partial charge in [0, 0.05) is 16.8 Å². The summed E-state index contributed by atoms with van der Waals surface area (Å²) in [6.07, 6.45) is 0. The number of nitrogens with zero attached hydrogens (tertiary/aromatic N) is 3. The van der Waals surface area contributed by atoms with Gasteiger partial charge >= 0.3 is 6.03 Å². The lowest BCUT2D eigenvalue weighted by atomic mass is 10.1. The second-order valence-electron chi connectivity index (χ2n) is 7.53. The van der Waals surface area contributed by atoms with Gasteiger partial charge in [-0.3, -0.25) is 14.7 Å². The number of benzene rings is 2. The molecule has 1 aromatic heterocycles. The first-order valence-corrected chi connectivity index (χ1v) is 10.2. The van der Waals surface area contributed by atoms with Crippen LogP contribution < -0.4 is 10.6 Å². The van der Waals surface area contributed by atoms with Crippen LogP contribution in [0.2, 0.25) is 0 Å². The van der Waals surface area contributed by atoms with Gasteiger partial charge in [0.15, 0.2) is 11.0 Å². The Balaban J connectivity index is 1.81. The first-order valence-electron chi connectivity index (χ1n) is 9.24. The maximum Gasteiger partial charge on any atom is 0.321 e. The largest absolute Gasteiger partial charge is 0.333 e. The van der Waals surface area contributed by atoms with Crippen molar-refractivity contribution in [2.75, 3.05) is 5.75 Å². The van der Waals surface area contributed by atoms with Gasteiger partial charge in [-0.05, 0) is 45.0 Å². The number of hydrogen-bond acceptors (Lipinski definition) is 5. The molecule has 156 valence electrons. The summed E-state index contributed by atoms with van der Waals surface area (Å²) in [5, 5.41) is 13.9. The molecule has 3 aromatic rings. The Labute approximate surface area is 178 Å². The first kappa shape index (κ1) is 21.5. The SMILES string of the molecule is CC(C)(C)NC(=O)NC(=O)CSc1nnc(-c2ccccc2)n1-c1ccc(F)cc1. The molecule has 0 bridgehead atoms. The minimum absolute atomic E-state index is 0.0360. The molecule has 2 N–H and O–H groups in total. The molecule has 0 atom stereocenters. The maximum atomic E-state index is 13.4. The lowest BCUT2D eigenvalue weighted by Gasteiger charge is -2.20. The average molecular weight is 428 g/mol. The number of nitrogens with one attached hydrogen (secondary N) is 2. The molecular formula is C21H22FN5O2S. The van der Waals surface area contributed by atoms with E-state index in [2.05, 4.69) is 20.8 Å². The van der Waals surface area contributed by atoms with Crippen LogP contribution in [-0.4, -0.2) is 38.0 Å². The Hall–Kier alpha value is -3.20. The molecule has 9 heteroatoms. The highest BCUT2D eigenvalue weighted by molar-refractivity contribution is 7.99. The predicted octanol–water partition coefficient (Wildman–Crippen LogP) is 3.79. The van der Waals surface area contributed by atoms with Crippen molar-refractivity contribution in [2.45, 2.75) is 31.5 Å². The molecule has 0 saturated heterocycles. The third-order valence-electron chi connectivity index (χ3n) is 3.82. The average Bonchev–Trinajstić information content (AvgIpc) is 3.10. The number of urea groups is 1. The van der Waals surface area contributed by atoms with E-state index >= 15 is 0 Å². The zero-order chi connectivity index (χ0) is 21.7. The fourth-order valence-electron chi connectivity index (χ4n) is 2.63. The van der Waals surface area contributed by atoms with E-state index in [1.165, 1.54) is 12.1 Å². The quantitative estimate of drug-likeness (QED) is 0.605. The predicted molar refractivity (Wildman–Crippen MR) is 114 cm³/mol. The highest BCUT2D eigenvalue weighted by atomic mass is 32.2. The van der Waals surface area contributed by atoms with Gasteiger partial charge in [-0.25, -0.2) is 9.18 Å². The van der Waals surface area contributed by atoms with Crippen molar-refractivity contribution in [2.24, 2.45) is 0 Å². The third-order valence-corrected chi connectivity index (χ3v) is 4.75. The van der Waals surface area contributed by atoms with Crippen LogP contribution in [0.25, 0.3) is 17.1 Å². The highest BCUT2D eigenvalue weighted by Gasteiger charge is 2.19. The van der Waals surface area contributed by atoms with E-state index in [0.717, 1.165) is 17.3 Å². The monoisotopic (exact) mass is 427 g/mol. The Bertz CT molecular complexity index is 1030. The van der Waals surface area contributed by atoms with Crippen LogP contribution in [0.15, 0.2) is 59.8 Å². The lowest BCUT2D eigenvalue weighted by molar-refractivity contribution is -0.117. The Morgan fingerprint density at radius 3 is 2.33 bits per heavy atom. The second-order valence-corrected chi connectivity index (χ2v) is 8.47. The standard InChI is InChI=1S/C21H22FN5O2S/c1-21(2,3)24-19(29)23-17(28)13-30-20-26-25-18(14-7-5-4-6-8-14)27(20)16-11-9-15(22)10-12-16/h4-12H,13H2,1-3H3,(H2,23,24,28,29). The van der Waals surface area contributed by atoms with Crippen molar-refractivity contribution in [3.63, 3.8) is 0 Å². The van der Waals surface area contributed by atoms with Crippen molar-refractivity contribution >= 4 is 23.7 Å². The van der Waals surface area contributed by atoms with Crippen molar-refractivity contribution in [1.29, 1.82) is 0 Å². The zero-order valence-electron chi connectivity index (χ0n) is 16.8. The van der Waals surface area contributed by atoms with E-state index in [9.17, 15) is 14.0 Å². The smallest absolute Gasteiger partial charge is 0.321 e. The molecular weight excluding hydrogens is 405 g/mol. The fourth-order valence-corrected chi connectivity index (χ4v) is 3.38. The van der Waals surface area contributed by atoms with Gasteiger partial charge in [0.25, 0.3) is 0 Å². The summed E-state index contributed by atoms with van der Waals surface area (Å²) in [7, 11) is 0. The Morgan fingerprint density at radius 1 is 1.03 bits per heavy atom. The van der Waals surface area contributed by atoms with E-state index in [0.29, 0.717) is 16.7 Å². The minimum atomic E-state index is -0.557. The van der Waals surface area contributed by atoms with Gasteiger partial charge in [-0.15, -0.1) is 10.2 Å². The van der Waals surface area contributed by atoms with Gasteiger partial charge in [0.2, 0.25) is 5.91 Å². The number of thioether (sulfide) groups is 1. The zero-order valence-corrected chi connectivity index (χ0v) is 17.7. The molecule has 30 heavy (non-hydrogen) atoms. The van der Waals surface area contributed by atoms with E-state index in [1.54, 1.807) is 16.7 Å². The summed E-state index contributed by atoms with van der Waals surface area (Å²) in [6.45, 7) is 5.46. The number of amides is 3. The van der Waals surface area contributed by atoms with Gasteiger partial charge in [-0.2, -0.15) is 0 Å². The van der Waals surface area contributed by atoms with Crippen LogP contribution in [-0.2, 0) is 4.79 Å². The number of halogens is 1. The van der Waals surface area contributed by atoms with E-state index in [4.69, 9.17) is 0 Å². The van der Waals surface area contributed by atoms with E-state index in [-0.39, 0.29) is 11.6 Å². The molecule has 7 nitrogen and oxygen atoms in total. The Morgan fingerprint density at radius 2 is 1.70 bits per heavy atom. The molecule has 0 radical (unpaired) electrons. The molecule has 0 aliphatic carbocycles. The highest BCUT2D eigenvalue weighted by Crippen LogP contribution is 2.27. The van der Waals surface area contributed by atoms with Crippen LogP contribution >= 0.6 is 11.8 Å². The third kappa shape index (κ3) is 5.66. The summed E-state index contributed by atoms with van der Waals surface area (Å²) < 4.78 is 15.2. The molecule has 1 heterocycles. The molecule has 0 saturated carbocycles. The summed E-state index contributed by atoms with van der Waals surface area (Å²) in [4.78, 5) is 24.1. The van der Waals surface area contributed by atoms with Gasteiger partial charge in [0.05, 0.1) is 5.75 Å². The van der Waals surface area contributed by atoms with Crippen LogP contribution in [0, 0.1) is 5.82 Å². The minimum Gasteiger partial charge on any atom is -0.333 e. The van der Waals surface area contributed by atoms with Crippen molar-refractivity contribution in [3.8, 4) is 17.1 Å². The van der Waals surface area contributed by atoms with Crippen molar-refractivity contribution in [1.82, 2.24) is 25.4 Å². The molecule has 2 aromatic carbocycles. The Kier molecular flexibility index (Phi) is 6.51. The van der Waals surface area contributed by atoms with Crippen molar-refractivity contribution < 1.29 is 14.0 Å². The molecule has 0 fully saturated rings. The summed E-state index contributed by atoms with van der Waals surface area (Å²) in [6, 6.07) is 14.8. The number of imide groups is 1. The number of carbonyl (C=O) groups is 2. The van der Waals surface area contributed by atoms with Gasteiger partial charge in [0.1, 0.15) is 5.82 Å². The van der Waals surface area contributed by atoms with Gasteiger partial charge in [-0.1, -0.05) is 42.1 Å². The van der Waals surface area contributed by atoms with Crippen molar-refractivity contribution in [3.05, 3.63) is 60.4 Å². The number of hydrogen-bond donors (Lipinski definition) is 2. The molecule has 0 aliphatic heterocycles. The summed E-state index contributed by atoms with van der Waals surface area (Å²) >= 11 is 1.13. The molecule has 3 amide bonds. The summed E-state index contributed by atoms with van der Waals surface area (Å²) in [5.41, 5.74) is 1.04. The van der Waals surface area contributed by atoms with Crippen LogP contribution in [0.3, 0.4) is 0 Å². The second kappa shape index (κ2) is 9.08. The van der Waals surface area contributed by atoms with Gasteiger partial charge < -0.3 is 5.32 Å². The topological polar surface area (TPSA) is 88.9 Å². The van der Waals surface area contributed by atoms with E-state index < -0.39 is 17.5 Å². The number of rotatable bonds is 5. The summed E-state index contributed by atoms with van der Waals surface area (Å²) in [5.74, 6) is -0.287. The molecule has 0 aliphatic rings. The first-order chi connectivity index (χ1) is 14.2. The molecule has 0 unspecified atom stereocenters. The van der Waals surface area contributed by atoms with Crippen LogP contribution in [0.4, 0.5) is 9.18 Å². The fraction of sp³-hybridized carbons (Fsp3) is 0.238. The number of aromatic nitrogens is 3. The number of carbonyl (C=O) groups excluding carboxylic acids is 2. The van der Waals surface area contributed by atoms with Crippen LogP contribution in [0.1, 0.15) is 20.8 Å². The maximum absolute atomic E-state index is 13.4. The van der Waals surface area contributed by atoms with Crippen LogP contribution in [0.5, 0.6) is 0 Å². The lowest BCUT2D eigenvalue weighted by Crippen LogP contribution is -2.48. The molecule has 3 rings (SSSR count). The normalized spacial score (nSPS) is 11.2.